The molecule has 6 heteroatoms. The molecule has 0 saturated heterocycles. The average Bonchev–Trinajstić information content (AvgIpc) is 2.74. The molecule has 0 saturated carbocycles. The molecule has 6 nitrogen and oxygen atoms in total. The van der Waals surface area contributed by atoms with Crippen LogP contribution in [0.4, 0.5) is 0 Å². The fourth-order valence-corrected chi connectivity index (χ4v) is 2.19. The number of hydrogen-bond donors (Lipinski definition) is 0. The maximum atomic E-state index is 11.5. The van der Waals surface area contributed by atoms with Gasteiger partial charge in [-0.1, -0.05) is 14.9 Å². The van der Waals surface area contributed by atoms with Crippen molar-refractivity contribution in [2.45, 2.75) is 34.2 Å². The first kappa shape index (κ1) is 23.0. The lowest BCUT2D eigenvalue weighted by molar-refractivity contribution is -0.137. The number of amides is 2. The molecule has 1 aliphatic rings. The molecule has 1 atom stereocenters. The summed E-state index contributed by atoms with van der Waals surface area (Å²) in [6, 6.07) is 0.234. The fraction of sp³-hybridized carbons (Fsp3) is 0.750. The first-order valence-corrected chi connectivity index (χ1v) is 6.85. The van der Waals surface area contributed by atoms with Crippen molar-refractivity contribution in [2.24, 2.45) is 0 Å². The fourth-order valence-electron chi connectivity index (χ4n) is 2.19. The first-order valence-electron chi connectivity index (χ1n) is 6.85. The molecule has 0 aromatic rings. The van der Waals surface area contributed by atoms with Crippen LogP contribution in [0.3, 0.4) is 0 Å². The van der Waals surface area contributed by atoms with Crippen molar-refractivity contribution >= 4 is 11.8 Å². The number of nitrogens with zero attached hydrogens (tertiary/aromatic N) is 2. The summed E-state index contributed by atoms with van der Waals surface area (Å²) in [5.41, 5.74) is 0. The van der Waals surface area contributed by atoms with Gasteiger partial charge in [-0.25, -0.2) is 0 Å². The van der Waals surface area contributed by atoms with Gasteiger partial charge in [-0.3, -0.25) is 19.4 Å². The zero-order valence-corrected chi connectivity index (χ0v) is 12.5. The normalized spacial score (nSPS) is 15.0. The third-order valence-electron chi connectivity index (χ3n) is 3.34. The number of hydrogen-bond acceptors (Lipinski definition) is 5. The molecule has 0 spiro atoms. The predicted octanol–water partition coefficient (Wildman–Crippen LogP) is 1.56. The minimum absolute atomic E-state index is 0. The molecule has 1 heterocycles. The summed E-state index contributed by atoms with van der Waals surface area (Å²) in [5.74, 6) is -0.461. The van der Waals surface area contributed by atoms with Crippen LogP contribution < -0.4 is 0 Å². The number of imide groups is 1. The van der Waals surface area contributed by atoms with Gasteiger partial charge >= 0.3 is 0 Å². The SMILES string of the molecule is C.C.COCCCN(CCN1C(=O)C=CC1=O)C(C)COC. The van der Waals surface area contributed by atoms with Gasteiger partial charge in [0.1, 0.15) is 0 Å². The highest BCUT2D eigenvalue weighted by molar-refractivity contribution is 6.12. The Balaban J connectivity index is 0. The average molecular weight is 316 g/mol. The van der Waals surface area contributed by atoms with E-state index in [1.807, 2.05) is 0 Å². The van der Waals surface area contributed by atoms with Crippen LogP contribution in [0, 0.1) is 0 Å². The summed E-state index contributed by atoms with van der Waals surface area (Å²) >= 11 is 0. The topological polar surface area (TPSA) is 59.1 Å². The summed E-state index contributed by atoms with van der Waals surface area (Å²) < 4.78 is 10.2. The summed E-state index contributed by atoms with van der Waals surface area (Å²) in [6.07, 6.45) is 3.54. The number of methoxy groups -OCH3 is 2. The maximum Gasteiger partial charge on any atom is 0.253 e. The third kappa shape index (κ3) is 7.15. The van der Waals surface area contributed by atoms with Gasteiger partial charge in [0.25, 0.3) is 11.8 Å². The number of carbonyl (C=O) groups excluding carboxylic acids is 2. The van der Waals surface area contributed by atoms with Crippen LogP contribution in [0.1, 0.15) is 28.2 Å². The predicted molar refractivity (Wildman–Crippen MR) is 88.7 cm³/mol. The van der Waals surface area contributed by atoms with E-state index in [1.54, 1.807) is 14.2 Å². The first-order chi connectivity index (χ1) is 9.60. The second-order valence-electron chi connectivity index (χ2n) is 4.85. The molecule has 0 aliphatic carbocycles. The standard InChI is InChI=1S/C14H24N2O4.2CH4/c1-12(11-20-3)15(7-4-10-19-2)8-9-16-13(17)5-6-14(16)18;;/h5-6,12H,4,7-11H2,1-3H3;2*1H4. The molecule has 1 unspecified atom stereocenters. The highest BCUT2D eigenvalue weighted by Gasteiger charge is 2.24. The molecule has 2 amide bonds. The highest BCUT2D eigenvalue weighted by Crippen LogP contribution is 2.06. The van der Waals surface area contributed by atoms with Crippen molar-refractivity contribution in [3.63, 3.8) is 0 Å². The van der Waals surface area contributed by atoms with Gasteiger partial charge in [-0.2, -0.15) is 0 Å². The lowest BCUT2D eigenvalue weighted by Gasteiger charge is -2.30. The van der Waals surface area contributed by atoms with Gasteiger partial charge in [0.05, 0.1) is 6.61 Å². The summed E-state index contributed by atoms with van der Waals surface area (Å²) in [7, 11) is 3.34. The Labute approximate surface area is 135 Å². The Morgan fingerprint density at radius 2 is 1.68 bits per heavy atom. The van der Waals surface area contributed by atoms with E-state index in [1.165, 1.54) is 17.1 Å². The van der Waals surface area contributed by atoms with E-state index in [0.29, 0.717) is 26.3 Å². The van der Waals surface area contributed by atoms with Gasteiger partial charge < -0.3 is 9.47 Å². The number of rotatable bonds is 10. The second-order valence-corrected chi connectivity index (χ2v) is 4.85. The van der Waals surface area contributed by atoms with Crippen molar-refractivity contribution in [1.29, 1.82) is 0 Å². The van der Waals surface area contributed by atoms with E-state index in [9.17, 15) is 9.59 Å². The quantitative estimate of drug-likeness (QED) is 0.452. The van der Waals surface area contributed by atoms with Crippen LogP contribution in [0.2, 0.25) is 0 Å². The third-order valence-corrected chi connectivity index (χ3v) is 3.34. The van der Waals surface area contributed by atoms with E-state index < -0.39 is 0 Å². The zero-order chi connectivity index (χ0) is 15.0. The molecule has 0 aromatic carbocycles. The van der Waals surface area contributed by atoms with E-state index in [2.05, 4.69) is 11.8 Å². The molecule has 22 heavy (non-hydrogen) atoms. The summed E-state index contributed by atoms with van der Waals surface area (Å²) in [4.78, 5) is 26.5. The molecular formula is C16H32N2O4. The number of carbonyl (C=O) groups is 2. The van der Waals surface area contributed by atoms with Crippen molar-refractivity contribution < 1.29 is 19.1 Å². The molecule has 0 aromatic heterocycles. The van der Waals surface area contributed by atoms with Crippen molar-refractivity contribution in [3.8, 4) is 0 Å². The summed E-state index contributed by atoms with van der Waals surface area (Å²) in [6.45, 7) is 5.29. The lowest BCUT2D eigenvalue weighted by atomic mass is 10.2. The van der Waals surface area contributed by atoms with Gasteiger partial charge in [0.15, 0.2) is 0 Å². The Morgan fingerprint density at radius 1 is 1.09 bits per heavy atom. The van der Waals surface area contributed by atoms with E-state index in [-0.39, 0.29) is 32.7 Å². The van der Waals surface area contributed by atoms with Crippen LogP contribution in [-0.4, -0.2) is 74.7 Å². The van der Waals surface area contributed by atoms with Crippen molar-refractivity contribution in [1.82, 2.24) is 9.80 Å². The maximum absolute atomic E-state index is 11.5. The Morgan fingerprint density at radius 3 is 2.18 bits per heavy atom. The molecule has 1 rings (SSSR count). The molecule has 0 radical (unpaired) electrons. The van der Waals surface area contributed by atoms with Gasteiger partial charge in [0, 0.05) is 58.7 Å². The van der Waals surface area contributed by atoms with Crippen molar-refractivity contribution in [3.05, 3.63) is 12.2 Å². The van der Waals surface area contributed by atoms with E-state index in [4.69, 9.17) is 9.47 Å². The van der Waals surface area contributed by atoms with E-state index in [0.717, 1.165) is 13.0 Å². The molecule has 0 bridgehead atoms. The number of ether oxygens (including phenoxy) is 2. The molecule has 1 aliphatic heterocycles. The monoisotopic (exact) mass is 316 g/mol. The van der Waals surface area contributed by atoms with E-state index >= 15 is 0 Å². The minimum Gasteiger partial charge on any atom is -0.385 e. The highest BCUT2D eigenvalue weighted by atomic mass is 16.5. The van der Waals surface area contributed by atoms with Crippen LogP contribution in [0.15, 0.2) is 12.2 Å². The van der Waals surface area contributed by atoms with Gasteiger partial charge in [0.2, 0.25) is 0 Å². The Kier molecular flexibility index (Phi) is 12.9. The second kappa shape index (κ2) is 12.3. The summed E-state index contributed by atoms with van der Waals surface area (Å²) in [5, 5.41) is 0. The molecule has 0 N–H and O–H groups in total. The van der Waals surface area contributed by atoms with Gasteiger partial charge in [-0.05, 0) is 13.3 Å². The van der Waals surface area contributed by atoms with Gasteiger partial charge in [-0.15, -0.1) is 0 Å². The zero-order valence-electron chi connectivity index (χ0n) is 12.5. The van der Waals surface area contributed by atoms with Crippen molar-refractivity contribution in [2.75, 3.05) is 47.1 Å². The largest absolute Gasteiger partial charge is 0.385 e. The molecular weight excluding hydrogens is 284 g/mol. The Hall–Kier alpha value is -1.24. The smallest absolute Gasteiger partial charge is 0.253 e. The van der Waals surface area contributed by atoms with Crippen LogP contribution in [-0.2, 0) is 19.1 Å². The Bertz CT molecular complexity index is 340. The molecule has 130 valence electrons. The van der Waals surface area contributed by atoms with Crippen LogP contribution in [0.5, 0.6) is 0 Å². The molecule has 0 fully saturated rings. The lowest BCUT2D eigenvalue weighted by Crippen LogP contribution is -2.44. The minimum atomic E-state index is -0.230. The van der Waals surface area contributed by atoms with Crippen LogP contribution in [0.25, 0.3) is 0 Å². The van der Waals surface area contributed by atoms with Crippen LogP contribution >= 0.6 is 0 Å².